The van der Waals surface area contributed by atoms with E-state index in [-0.39, 0.29) is 17.2 Å². The summed E-state index contributed by atoms with van der Waals surface area (Å²) in [6, 6.07) is 6.35. The van der Waals surface area contributed by atoms with E-state index >= 15 is 0 Å². The van der Waals surface area contributed by atoms with Crippen molar-refractivity contribution in [3.05, 3.63) is 24.3 Å². The molecule has 6 nitrogen and oxygen atoms in total. The van der Waals surface area contributed by atoms with Crippen LogP contribution >= 0.6 is 0 Å². The minimum atomic E-state index is -3.73. The fourth-order valence-electron chi connectivity index (χ4n) is 2.33. The lowest BCUT2D eigenvalue weighted by Crippen LogP contribution is -2.42. The van der Waals surface area contributed by atoms with Gasteiger partial charge in [-0.1, -0.05) is 12.1 Å². The Kier molecular flexibility index (Phi) is 4.29. The summed E-state index contributed by atoms with van der Waals surface area (Å²) >= 11 is 0. The van der Waals surface area contributed by atoms with Crippen LogP contribution in [0.3, 0.4) is 0 Å². The second kappa shape index (κ2) is 5.80. The zero-order valence-corrected chi connectivity index (χ0v) is 12.0. The standard InChI is InChI=1S/C13H17NO5S/c1-19-11-6-2-3-7-12(11)20(17,18)14-8-4-5-10(9-14)13(15)16/h2-3,6-7,10H,4-5,8-9H2,1H3,(H,15,16)/t10-/m0/s1. The summed E-state index contributed by atoms with van der Waals surface area (Å²) in [6.07, 6.45) is 1.05. The fourth-order valence-corrected chi connectivity index (χ4v) is 4.01. The number of nitrogens with zero attached hydrogens (tertiary/aromatic N) is 1. The number of sulfonamides is 1. The van der Waals surface area contributed by atoms with E-state index in [4.69, 9.17) is 9.84 Å². The maximum atomic E-state index is 12.6. The van der Waals surface area contributed by atoms with Crippen molar-refractivity contribution in [2.75, 3.05) is 20.2 Å². The Hall–Kier alpha value is -1.60. The van der Waals surface area contributed by atoms with Crippen LogP contribution in [-0.4, -0.2) is 44.0 Å². The highest BCUT2D eigenvalue weighted by Gasteiger charge is 2.34. The van der Waals surface area contributed by atoms with Gasteiger partial charge in [-0.15, -0.1) is 0 Å². The van der Waals surface area contributed by atoms with Crippen molar-refractivity contribution in [3.63, 3.8) is 0 Å². The predicted octanol–water partition coefficient (Wildman–Crippen LogP) is 1.18. The summed E-state index contributed by atoms with van der Waals surface area (Å²) in [7, 11) is -2.32. The summed E-state index contributed by atoms with van der Waals surface area (Å²) < 4.78 is 31.5. The molecule has 1 saturated heterocycles. The maximum Gasteiger partial charge on any atom is 0.307 e. The van der Waals surface area contributed by atoms with Crippen LogP contribution in [0.2, 0.25) is 0 Å². The molecule has 0 unspecified atom stereocenters. The fraction of sp³-hybridized carbons (Fsp3) is 0.462. The summed E-state index contributed by atoms with van der Waals surface area (Å²) in [4.78, 5) is 11.1. The van der Waals surface area contributed by atoms with E-state index in [1.54, 1.807) is 18.2 Å². The molecule has 0 aromatic heterocycles. The first-order chi connectivity index (χ1) is 9.46. The molecule has 1 aliphatic heterocycles. The number of carboxylic acid groups (broad SMARTS) is 1. The number of aliphatic carboxylic acids is 1. The second-order valence-corrected chi connectivity index (χ2v) is 6.60. The van der Waals surface area contributed by atoms with E-state index in [1.165, 1.54) is 17.5 Å². The largest absolute Gasteiger partial charge is 0.495 e. The normalized spacial score (nSPS) is 20.6. The van der Waals surface area contributed by atoms with E-state index in [1.807, 2.05) is 0 Å². The molecule has 1 atom stereocenters. The van der Waals surface area contributed by atoms with Gasteiger partial charge in [0.1, 0.15) is 10.6 Å². The molecular weight excluding hydrogens is 282 g/mol. The van der Waals surface area contributed by atoms with Crippen LogP contribution in [0.1, 0.15) is 12.8 Å². The zero-order chi connectivity index (χ0) is 14.8. The van der Waals surface area contributed by atoms with Crippen molar-refractivity contribution < 1.29 is 23.1 Å². The third kappa shape index (κ3) is 2.78. The van der Waals surface area contributed by atoms with E-state index in [0.29, 0.717) is 19.4 Å². The van der Waals surface area contributed by atoms with Crippen molar-refractivity contribution in [3.8, 4) is 5.75 Å². The molecule has 0 bridgehead atoms. The monoisotopic (exact) mass is 299 g/mol. The van der Waals surface area contributed by atoms with Crippen LogP contribution in [0.15, 0.2) is 29.2 Å². The molecule has 110 valence electrons. The SMILES string of the molecule is COc1ccccc1S(=O)(=O)N1CCC[C@H](C(=O)O)C1. The number of carbonyl (C=O) groups is 1. The van der Waals surface area contributed by atoms with Crippen molar-refractivity contribution in [1.82, 2.24) is 4.31 Å². The first-order valence-corrected chi connectivity index (χ1v) is 7.77. The van der Waals surface area contributed by atoms with E-state index in [9.17, 15) is 13.2 Å². The van der Waals surface area contributed by atoms with Crippen molar-refractivity contribution >= 4 is 16.0 Å². The molecule has 1 aromatic carbocycles. The predicted molar refractivity (Wildman–Crippen MR) is 72.1 cm³/mol. The summed E-state index contributed by atoms with van der Waals surface area (Å²) in [5.74, 6) is -1.33. The lowest BCUT2D eigenvalue weighted by Gasteiger charge is -2.30. The molecular formula is C13H17NO5S. The molecule has 0 amide bonds. The van der Waals surface area contributed by atoms with E-state index < -0.39 is 21.9 Å². The van der Waals surface area contributed by atoms with Gasteiger partial charge in [-0.3, -0.25) is 4.79 Å². The minimum Gasteiger partial charge on any atom is -0.495 e. The van der Waals surface area contributed by atoms with Gasteiger partial charge in [0.2, 0.25) is 10.0 Å². The number of para-hydroxylation sites is 1. The number of methoxy groups -OCH3 is 1. The third-order valence-corrected chi connectivity index (χ3v) is 5.32. The Morgan fingerprint density at radius 3 is 2.75 bits per heavy atom. The molecule has 1 fully saturated rings. The average Bonchev–Trinajstić information content (AvgIpc) is 2.47. The number of carboxylic acids is 1. The number of hydrogen-bond acceptors (Lipinski definition) is 4. The topological polar surface area (TPSA) is 83.9 Å². The molecule has 1 aromatic rings. The lowest BCUT2D eigenvalue weighted by molar-refractivity contribution is -0.142. The van der Waals surface area contributed by atoms with Crippen LogP contribution < -0.4 is 4.74 Å². The molecule has 0 saturated carbocycles. The minimum absolute atomic E-state index is 0.00964. The van der Waals surface area contributed by atoms with Gasteiger partial charge in [0, 0.05) is 13.1 Å². The van der Waals surface area contributed by atoms with Crippen molar-refractivity contribution in [1.29, 1.82) is 0 Å². The molecule has 20 heavy (non-hydrogen) atoms. The first-order valence-electron chi connectivity index (χ1n) is 6.33. The summed E-state index contributed by atoms with van der Waals surface area (Å²) in [6.45, 7) is 0.347. The quantitative estimate of drug-likeness (QED) is 0.902. The van der Waals surface area contributed by atoms with Crippen LogP contribution in [-0.2, 0) is 14.8 Å². The number of rotatable bonds is 4. The van der Waals surface area contributed by atoms with Gasteiger partial charge in [-0.2, -0.15) is 4.31 Å². The number of benzene rings is 1. The van der Waals surface area contributed by atoms with Gasteiger partial charge in [0.15, 0.2) is 0 Å². The van der Waals surface area contributed by atoms with Gasteiger partial charge in [0.25, 0.3) is 0 Å². The van der Waals surface area contributed by atoms with Crippen LogP contribution in [0, 0.1) is 5.92 Å². The van der Waals surface area contributed by atoms with Gasteiger partial charge < -0.3 is 9.84 Å². The second-order valence-electron chi connectivity index (χ2n) is 4.69. The van der Waals surface area contributed by atoms with Crippen LogP contribution in [0.5, 0.6) is 5.75 Å². The summed E-state index contributed by atoms with van der Waals surface area (Å²) in [5.41, 5.74) is 0. The Balaban J connectivity index is 2.32. The number of hydrogen-bond donors (Lipinski definition) is 1. The molecule has 0 aliphatic carbocycles. The third-order valence-electron chi connectivity index (χ3n) is 3.42. The van der Waals surface area contributed by atoms with E-state index in [0.717, 1.165) is 0 Å². The molecule has 2 rings (SSSR count). The number of ether oxygens (including phenoxy) is 1. The smallest absolute Gasteiger partial charge is 0.307 e. The average molecular weight is 299 g/mol. The maximum absolute atomic E-state index is 12.6. The molecule has 1 heterocycles. The Labute approximate surface area is 118 Å². The van der Waals surface area contributed by atoms with Crippen LogP contribution in [0.4, 0.5) is 0 Å². The summed E-state index contributed by atoms with van der Waals surface area (Å²) in [5, 5.41) is 9.05. The highest BCUT2D eigenvalue weighted by Crippen LogP contribution is 2.29. The van der Waals surface area contributed by atoms with Gasteiger partial charge in [-0.25, -0.2) is 8.42 Å². The van der Waals surface area contributed by atoms with Crippen molar-refractivity contribution in [2.45, 2.75) is 17.7 Å². The molecule has 1 N–H and O–H groups in total. The van der Waals surface area contributed by atoms with Gasteiger partial charge in [-0.05, 0) is 25.0 Å². The molecule has 0 spiro atoms. The Morgan fingerprint density at radius 1 is 1.40 bits per heavy atom. The lowest BCUT2D eigenvalue weighted by atomic mass is 10.0. The molecule has 0 radical (unpaired) electrons. The van der Waals surface area contributed by atoms with Crippen LogP contribution in [0.25, 0.3) is 0 Å². The first kappa shape index (κ1) is 14.8. The molecule has 7 heteroatoms. The highest BCUT2D eigenvalue weighted by molar-refractivity contribution is 7.89. The number of piperidine rings is 1. The zero-order valence-electron chi connectivity index (χ0n) is 11.2. The Morgan fingerprint density at radius 2 is 2.10 bits per heavy atom. The Bertz CT molecular complexity index is 599. The van der Waals surface area contributed by atoms with Gasteiger partial charge in [0.05, 0.1) is 13.0 Å². The van der Waals surface area contributed by atoms with E-state index in [2.05, 4.69) is 0 Å². The van der Waals surface area contributed by atoms with Crippen molar-refractivity contribution in [2.24, 2.45) is 5.92 Å². The highest BCUT2D eigenvalue weighted by atomic mass is 32.2. The molecule has 1 aliphatic rings. The van der Waals surface area contributed by atoms with Gasteiger partial charge >= 0.3 is 5.97 Å².